The van der Waals surface area contributed by atoms with E-state index in [9.17, 15) is 9.59 Å². The molecule has 0 fully saturated rings. The molecule has 1 aliphatic rings. The van der Waals surface area contributed by atoms with Crippen LogP contribution in [0.1, 0.15) is 29.0 Å². The molecule has 1 amide bonds. The minimum Gasteiger partial charge on any atom is -0.494 e. The number of hydrogen-bond donors (Lipinski definition) is 2. The topological polar surface area (TPSA) is 88.1 Å². The second kappa shape index (κ2) is 8.79. The van der Waals surface area contributed by atoms with E-state index in [1.54, 1.807) is 23.1 Å². The Kier molecular flexibility index (Phi) is 5.75. The van der Waals surface area contributed by atoms with E-state index >= 15 is 0 Å². The summed E-state index contributed by atoms with van der Waals surface area (Å²) in [5.41, 5.74) is 2.91. The molecule has 0 spiro atoms. The van der Waals surface area contributed by atoms with Crippen molar-refractivity contribution in [1.29, 1.82) is 0 Å². The molecule has 0 aromatic heterocycles. The molecule has 7 heteroatoms. The Bertz CT molecular complexity index is 1080. The number of hydrogen-bond acceptors (Lipinski definition) is 5. The van der Waals surface area contributed by atoms with Gasteiger partial charge in [-0.25, -0.2) is 4.79 Å². The zero-order valence-electron chi connectivity index (χ0n) is 16.9. The standard InChI is InChI=1S/C24H22N2O5/c1-2-30-18-13-9-17(10-14-18)26-23(25-21-6-4-3-5-20(21)24(26)29)16-7-11-19(12-8-16)31-15-22(27)28/h3-14,23,25H,2,15H2,1H3,(H,27,28)/t23-/m1/s1. The summed E-state index contributed by atoms with van der Waals surface area (Å²) >= 11 is 0. The number of carbonyl (C=O) groups is 2. The fraction of sp³-hybridized carbons (Fsp3) is 0.167. The maximum atomic E-state index is 13.4. The molecule has 0 aliphatic carbocycles. The SMILES string of the molecule is CCOc1ccc(N2C(=O)c3ccccc3N[C@H]2c2ccc(OCC(=O)O)cc2)cc1. The van der Waals surface area contributed by atoms with Crippen molar-refractivity contribution in [3.63, 3.8) is 0 Å². The highest BCUT2D eigenvalue weighted by Gasteiger charge is 2.34. The fourth-order valence-corrected chi connectivity index (χ4v) is 3.51. The Morgan fingerprint density at radius 1 is 0.968 bits per heavy atom. The van der Waals surface area contributed by atoms with Gasteiger partial charge in [0.1, 0.15) is 17.7 Å². The molecule has 2 N–H and O–H groups in total. The van der Waals surface area contributed by atoms with Crippen LogP contribution in [-0.4, -0.2) is 30.2 Å². The lowest BCUT2D eigenvalue weighted by atomic mass is 10.0. The van der Waals surface area contributed by atoms with Gasteiger partial charge >= 0.3 is 5.97 Å². The van der Waals surface area contributed by atoms with Crippen molar-refractivity contribution in [3.05, 3.63) is 83.9 Å². The summed E-state index contributed by atoms with van der Waals surface area (Å²) in [6.07, 6.45) is -0.450. The van der Waals surface area contributed by atoms with Crippen molar-refractivity contribution in [2.75, 3.05) is 23.4 Å². The van der Waals surface area contributed by atoms with Crippen molar-refractivity contribution in [2.24, 2.45) is 0 Å². The molecule has 0 bridgehead atoms. The predicted octanol–water partition coefficient (Wildman–Crippen LogP) is 4.32. The second-order valence-corrected chi connectivity index (χ2v) is 6.95. The molecular formula is C24H22N2O5. The largest absolute Gasteiger partial charge is 0.494 e. The van der Waals surface area contributed by atoms with Gasteiger partial charge in [0, 0.05) is 11.4 Å². The molecule has 158 valence electrons. The molecule has 3 aromatic carbocycles. The van der Waals surface area contributed by atoms with Gasteiger partial charge in [0.15, 0.2) is 6.61 Å². The third kappa shape index (κ3) is 4.30. The van der Waals surface area contributed by atoms with Crippen LogP contribution in [-0.2, 0) is 4.79 Å². The first kappa shape index (κ1) is 20.3. The second-order valence-electron chi connectivity index (χ2n) is 6.95. The molecule has 0 radical (unpaired) electrons. The number of carbonyl (C=O) groups excluding carboxylic acids is 1. The first-order valence-corrected chi connectivity index (χ1v) is 9.93. The number of amides is 1. The number of benzene rings is 3. The summed E-state index contributed by atoms with van der Waals surface area (Å²) < 4.78 is 10.7. The van der Waals surface area contributed by atoms with Crippen LogP contribution in [0, 0.1) is 0 Å². The number of rotatable bonds is 7. The number of nitrogens with one attached hydrogen (secondary N) is 1. The fourth-order valence-electron chi connectivity index (χ4n) is 3.51. The highest BCUT2D eigenvalue weighted by molar-refractivity contribution is 6.12. The summed E-state index contributed by atoms with van der Waals surface area (Å²) in [4.78, 5) is 25.8. The van der Waals surface area contributed by atoms with Gasteiger partial charge < -0.3 is 19.9 Å². The Morgan fingerprint density at radius 3 is 2.29 bits per heavy atom. The van der Waals surface area contributed by atoms with E-state index in [1.165, 1.54) is 0 Å². The molecule has 7 nitrogen and oxygen atoms in total. The number of nitrogens with zero attached hydrogens (tertiary/aromatic N) is 1. The molecule has 1 heterocycles. The monoisotopic (exact) mass is 418 g/mol. The van der Waals surface area contributed by atoms with Gasteiger partial charge in [-0.2, -0.15) is 0 Å². The van der Waals surface area contributed by atoms with Crippen molar-refractivity contribution in [3.8, 4) is 11.5 Å². The summed E-state index contributed by atoms with van der Waals surface area (Å²) in [6, 6.07) is 21.8. The van der Waals surface area contributed by atoms with Gasteiger partial charge in [0.25, 0.3) is 5.91 Å². The smallest absolute Gasteiger partial charge is 0.341 e. The van der Waals surface area contributed by atoms with Crippen molar-refractivity contribution < 1.29 is 24.2 Å². The van der Waals surface area contributed by atoms with Crippen LogP contribution < -0.4 is 19.7 Å². The van der Waals surface area contributed by atoms with Gasteiger partial charge in [-0.05, 0) is 61.0 Å². The maximum Gasteiger partial charge on any atom is 0.341 e. The molecule has 4 rings (SSSR count). The van der Waals surface area contributed by atoms with Gasteiger partial charge in [0.05, 0.1) is 12.2 Å². The molecule has 0 saturated carbocycles. The van der Waals surface area contributed by atoms with Gasteiger partial charge in [-0.3, -0.25) is 9.69 Å². The third-order valence-corrected chi connectivity index (χ3v) is 4.91. The summed E-state index contributed by atoms with van der Waals surface area (Å²) in [5, 5.41) is 12.2. The minimum absolute atomic E-state index is 0.116. The van der Waals surface area contributed by atoms with E-state index in [1.807, 2.05) is 61.5 Å². The van der Waals surface area contributed by atoms with E-state index in [0.717, 1.165) is 22.7 Å². The van der Waals surface area contributed by atoms with Crippen LogP contribution >= 0.6 is 0 Å². The van der Waals surface area contributed by atoms with E-state index in [4.69, 9.17) is 14.6 Å². The van der Waals surface area contributed by atoms with E-state index in [2.05, 4.69) is 5.32 Å². The lowest BCUT2D eigenvalue weighted by molar-refractivity contribution is -0.139. The van der Waals surface area contributed by atoms with E-state index in [0.29, 0.717) is 17.9 Å². The Labute approximate surface area is 179 Å². The quantitative estimate of drug-likeness (QED) is 0.594. The first-order valence-electron chi connectivity index (χ1n) is 9.93. The van der Waals surface area contributed by atoms with Gasteiger partial charge in [-0.1, -0.05) is 24.3 Å². The number of para-hydroxylation sites is 1. The highest BCUT2D eigenvalue weighted by atomic mass is 16.5. The molecule has 1 atom stereocenters. The van der Waals surface area contributed by atoms with Crippen LogP contribution in [0.3, 0.4) is 0 Å². The van der Waals surface area contributed by atoms with Crippen molar-refractivity contribution in [2.45, 2.75) is 13.1 Å². The number of aliphatic carboxylic acids is 1. The average molecular weight is 418 g/mol. The van der Waals surface area contributed by atoms with Crippen molar-refractivity contribution in [1.82, 2.24) is 0 Å². The molecule has 0 saturated heterocycles. The molecular weight excluding hydrogens is 396 g/mol. The van der Waals surface area contributed by atoms with Crippen LogP contribution in [0.4, 0.5) is 11.4 Å². The molecule has 31 heavy (non-hydrogen) atoms. The normalized spacial score (nSPS) is 15.1. The van der Waals surface area contributed by atoms with Crippen LogP contribution in [0.15, 0.2) is 72.8 Å². The lowest BCUT2D eigenvalue weighted by Crippen LogP contribution is -2.43. The van der Waals surface area contributed by atoms with Gasteiger partial charge in [-0.15, -0.1) is 0 Å². The molecule has 0 unspecified atom stereocenters. The van der Waals surface area contributed by atoms with Crippen LogP contribution in [0.2, 0.25) is 0 Å². The Hall–Kier alpha value is -4.00. The zero-order valence-corrected chi connectivity index (χ0v) is 16.9. The lowest BCUT2D eigenvalue weighted by Gasteiger charge is -2.38. The molecule has 3 aromatic rings. The van der Waals surface area contributed by atoms with E-state index in [-0.39, 0.29) is 5.91 Å². The number of carboxylic acids is 1. The van der Waals surface area contributed by atoms with E-state index < -0.39 is 18.7 Å². The first-order chi connectivity index (χ1) is 15.1. The Balaban J connectivity index is 1.69. The zero-order chi connectivity index (χ0) is 21.8. The number of anilines is 2. The molecule has 1 aliphatic heterocycles. The number of ether oxygens (including phenoxy) is 2. The number of carboxylic acid groups (broad SMARTS) is 1. The average Bonchev–Trinajstić information content (AvgIpc) is 2.79. The van der Waals surface area contributed by atoms with Crippen LogP contribution in [0.25, 0.3) is 0 Å². The van der Waals surface area contributed by atoms with Crippen LogP contribution in [0.5, 0.6) is 11.5 Å². The van der Waals surface area contributed by atoms with Crippen molar-refractivity contribution >= 4 is 23.3 Å². The summed E-state index contributed by atoms with van der Waals surface area (Å²) in [7, 11) is 0. The number of fused-ring (bicyclic) bond motifs is 1. The third-order valence-electron chi connectivity index (χ3n) is 4.91. The summed E-state index contributed by atoms with van der Waals surface area (Å²) in [6.45, 7) is 2.07. The Morgan fingerprint density at radius 2 is 1.61 bits per heavy atom. The highest BCUT2D eigenvalue weighted by Crippen LogP contribution is 2.37. The minimum atomic E-state index is -1.04. The predicted molar refractivity (Wildman–Crippen MR) is 117 cm³/mol. The van der Waals surface area contributed by atoms with Gasteiger partial charge in [0.2, 0.25) is 0 Å². The summed E-state index contributed by atoms with van der Waals surface area (Å²) in [5.74, 6) is 0.0264. The maximum absolute atomic E-state index is 13.4.